The van der Waals surface area contributed by atoms with Crippen molar-refractivity contribution in [1.29, 1.82) is 0 Å². The number of aliphatic hydroxyl groups is 1. The molecule has 0 aliphatic carbocycles. The highest BCUT2D eigenvalue weighted by atomic mass is 16.3. The van der Waals surface area contributed by atoms with E-state index in [0.717, 1.165) is 28.9 Å². The standard InChI is InChI=1S/C19H21N3O3/c1-12-10-17(19(25)20-8-4-5-9-23)21-16(12)11-14-13-6-2-3-7-15(13)22-18(14)24/h2-3,6-7,10-11,21,23H,4-5,8-9H2,1H3,(H,20,25)(H,22,24)/b14-11-. The molecule has 25 heavy (non-hydrogen) atoms. The summed E-state index contributed by atoms with van der Waals surface area (Å²) in [6, 6.07) is 9.29. The van der Waals surface area contributed by atoms with Gasteiger partial charge in [0.05, 0.1) is 5.57 Å². The topological polar surface area (TPSA) is 94.2 Å². The zero-order valence-electron chi connectivity index (χ0n) is 14.1. The van der Waals surface area contributed by atoms with Gasteiger partial charge in [0, 0.05) is 30.1 Å². The quantitative estimate of drug-likeness (QED) is 0.480. The molecule has 0 saturated carbocycles. The number of aliphatic hydroxyl groups excluding tert-OH is 1. The van der Waals surface area contributed by atoms with E-state index >= 15 is 0 Å². The van der Waals surface area contributed by atoms with Gasteiger partial charge in [-0.1, -0.05) is 18.2 Å². The lowest BCUT2D eigenvalue weighted by molar-refractivity contribution is -0.110. The minimum atomic E-state index is -0.193. The number of hydrogen-bond donors (Lipinski definition) is 4. The Bertz CT molecular complexity index is 836. The van der Waals surface area contributed by atoms with Gasteiger partial charge in [0.1, 0.15) is 5.69 Å². The van der Waals surface area contributed by atoms with E-state index in [1.807, 2.05) is 31.2 Å². The number of para-hydroxylation sites is 1. The Morgan fingerprint density at radius 3 is 2.88 bits per heavy atom. The molecule has 3 rings (SSSR count). The molecule has 1 aromatic carbocycles. The van der Waals surface area contributed by atoms with Gasteiger partial charge in [0.15, 0.2) is 0 Å². The van der Waals surface area contributed by atoms with E-state index in [9.17, 15) is 9.59 Å². The second-order valence-corrected chi connectivity index (χ2v) is 6.02. The number of rotatable bonds is 6. The van der Waals surface area contributed by atoms with Crippen molar-refractivity contribution in [2.45, 2.75) is 19.8 Å². The van der Waals surface area contributed by atoms with Crippen molar-refractivity contribution in [3.8, 4) is 0 Å². The van der Waals surface area contributed by atoms with Crippen LogP contribution >= 0.6 is 0 Å². The molecule has 2 aromatic rings. The summed E-state index contributed by atoms with van der Waals surface area (Å²) in [6.45, 7) is 2.53. The number of benzene rings is 1. The average molecular weight is 339 g/mol. The van der Waals surface area contributed by atoms with Crippen molar-refractivity contribution in [2.75, 3.05) is 18.5 Å². The summed E-state index contributed by atoms with van der Waals surface area (Å²) < 4.78 is 0. The number of aromatic nitrogens is 1. The third-order valence-electron chi connectivity index (χ3n) is 4.17. The Morgan fingerprint density at radius 1 is 1.28 bits per heavy atom. The molecule has 0 spiro atoms. The Hall–Kier alpha value is -2.86. The van der Waals surface area contributed by atoms with Crippen molar-refractivity contribution in [3.05, 3.63) is 52.8 Å². The Labute approximate surface area is 146 Å². The first-order valence-electron chi connectivity index (χ1n) is 8.31. The molecule has 0 atom stereocenters. The van der Waals surface area contributed by atoms with Crippen LogP contribution in [0.4, 0.5) is 5.69 Å². The van der Waals surface area contributed by atoms with E-state index < -0.39 is 0 Å². The van der Waals surface area contributed by atoms with E-state index in [-0.39, 0.29) is 18.4 Å². The molecule has 0 fully saturated rings. The van der Waals surface area contributed by atoms with E-state index in [4.69, 9.17) is 5.11 Å². The third-order valence-corrected chi connectivity index (χ3v) is 4.17. The molecule has 1 aromatic heterocycles. The highest BCUT2D eigenvalue weighted by molar-refractivity contribution is 6.34. The molecule has 0 bridgehead atoms. The van der Waals surface area contributed by atoms with Crippen molar-refractivity contribution < 1.29 is 14.7 Å². The van der Waals surface area contributed by atoms with E-state index in [1.54, 1.807) is 12.1 Å². The predicted molar refractivity (Wildman–Crippen MR) is 97.1 cm³/mol. The van der Waals surface area contributed by atoms with E-state index in [1.165, 1.54) is 0 Å². The monoisotopic (exact) mass is 339 g/mol. The first-order chi connectivity index (χ1) is 12.1. The number of unbranched alkanes of at least 4 members (excludes halogenated alkanes) is 1. The fraction of sp³-hybridized carbons (Fsp3) is 0.263. The highest BCUT2D eigenvalue weighted by Gasteiger charge is 2.24. The van der Waals surface area contributed by atoms with Crippen LogP contribution in [0.25, 0.3) is 11.6 Å². The first-order valence-corrected chi connectivity index (χ1v) is 8.31. The lowest BCUT2D eigenvalue weighted by Crippen LogP contribution is -2.24. The number of nitrogens with one attached hydrogen (secondary N) is 3. The zero-order valence-corrected chi connectivity index (χ0v) is 14.1. The fourth-order valence-electron chi connectivity index (χ4n) is 2.81. The van der Waals surface area contributed by atoms with Gasteiger partial charge in [-0.15, -0.1) is 0 Å². The lowest BCUT2D eigenvalue weighted by atomic mass is 10.1. The summed E-state index contributed by atoms with van der Waals surface area (Å²) in [5.74, 6) is -0.341. The van der Waals surface area contributed by atoms with Crippen LogP contribution < -0.4 is 10.6 Å². The second kappa shape index (κ2) is 7.36. The smallest absolute Gasteiger partial charge is 0.267 e. The molecule has 2 heterocycles. The van der Waals surface area contributed by atoms with Crippen molar-refractivity contribution in [1.82, 2.24) is 10.3 Å². The molecule has 4 N–H and O–H groups in total. The van der Waals surface area contributed by atoms with Crippen LogP contribution in [0.15, 0.2) is 30.3 Å². The van der Waals surface area contributed by atoms with Gasteiger partial charge in [-0.2, -0.15) is 0 Å². The van der Waals surface area contributed by atoms with Crippen LogP contribution in [0.3, 0.4) is 0 Å². The molecule has 0 saturated heterocycles. The molecule has 0 unspecified atom stereocenters. The largest absolute Gasteiger partial charge is 0.396 e. The molecular weight excluding hydrogens is 318 g/mol. The highest BCUT2D eigenvalue weighted by Crippen LogP contribution is 2.32. The Kier molecular flexibility index (Phi) is 5.00. The van der Waals surface area contributed by atoms with Gasteiger partial charge in [0.2, 0.25) is 0 Å². The number of carbonyl (C=O) groups is 2. The minimum absolute atomic E-state index is 0.124. The Morgan fingerprint density at radius 2 is 2.08 bits per heavy atom. The molecule has 2 amide bonds. The molecule has 130 valence electrons. The minimum Gasteiger partial charge on any atom is -0.396 e. The predicted octanol–water partition coefficient (Wildman–Crippen LogP) is 2.32. The maximum atomic E-state index is 12.2. The number of aryl methyl sites for hydroxylation is 1. The summed E-state index contributed by atoms with van der Waals surface area (Å²) >= 11 is 0. The van der Waals surface area contributed by atoms with Crippen LogP contribution in [-0.2, 0) is 4.79 Å². The van der Waals surface area contributed by atoms with Crippen LogP contribution in [-0.4, -0.2) is 35.1 Å². The van der Waals surface area contributed by atoms with Crippen LogP contribution in [0.1, 0.15) is 40.2 Å². The van der Waals surface area contributed by atoms with Crippen LogP contribution in [0.2, 0.25) is 0 Å². The normalized spacial score (nSPS) is 14.5. The zero-order chi connectivity index (χ0) is 17.8. The number of anilines is 1. The molecule has 1 aliphatic heterocycles. The first kappa shape index (κ1) is 17.0. The van der Waals surface area contributed by atoms with Gasteiger partial charge in [0.25, 0.3) is 11.8 Å². The van der Waals surface area contributed by atoms with Crippen LogP contribution in [0.5, 0.6) is 0 Å². The summed E-state index contributed by atoms with van der Waals surface area (Å²) in [7, 11) is 0. The van der Waals surface area contributed by atoms with Crippen molar-refractivity contribution in [3.63, 3.8) is 0 Å². The second-order valence-electron chi connectivity index (χ2n) is 6.02. The maximum absolute atomic E-state index is 12.2. The number of amides is 2. The molecule has 1 aliphatic rings. The number of carbonyl (C=O) groups excluding carboxylic acids is 2. The van der Waals surface area contributed by atoms with Gasteiger partial charge in [-0.3, -0.25) is 9.59 Å². The summed E-state index contributed by atoms with van der Waals surface area (Å²) in [4.78, 5) is 27.4. The van der Waals surface area contributed by atoms with E-state index in [0.29, 0.717) is 24.2 Å². The average Bonchev–Trinajstić information content (AvgIpc) is 3.12. The lowest BCUT2D eigenvalue weighted by Gasteiger charge is -2.02. The van der Waals surface area contributed by atoms with Gasteiger partial charge < -0.3 is 20.7 Å². The summed E-state index contributed by atoms with van der Waals surface area (Å²) in [6.07, 6.45) is 3.17. The summed E-state index contributed by atoms with van der Waals surface area (Å²) in [5, 5.41) is 14.4. The van der Waals surface area contributed by atoms with Crippen molar-refractivity contribution >= 4 is 29.2 Å². The Balaban J connectivity index is 1.79. The van der Waals surface area contributed by atoms with Gasteiger partial charge >= 0.3 is 0 Å². The van der Waals surface area contributed by atoms with Gasteiger partial charge in [-0.05, 0) is 43.5 Å². The fourth-order valence-corrected chi connectivity index (χ4v) is 2.81. The molecule has 0 radical (unpaired) electrons. The number of aromatic amines is 1. The van der Waals surface area contributed by atoms with Crippen LogP contribution in [0, 0.1) is 6.92 Å². The number of fused-ring (bicyclic) bond motifs is 1. The summed E-state index contributed by atoms with van der Waals surface area (Å²) in [5.41, 5.74) is 4.32. The molecule has 6 heteroatoms. The SMILES string of the molecule is Cc1cc(C(=O)NCCCCO)[nH]c1/C=C1\C(=O)Nc2ccccc21. The van der Waals surface area contributed by atoms with Crippen molar-refractivity contribution in [2.24, 2.45) is 0 Å². The molecule has 6 nitrogen and oxygen atoms in total. The number of hydrogen-bond acceptors (Lipinski definition) is 3. The molecular formula is C19H21N3O3. The third kappa shape index (κ3) is 3.64. The maximum Gasteiger partial charge on any atom is 0.267 e. The van der Waals surface area contributed by atoms with Gasteiger partial charge in [-0.25, -0.2) is 0 Å². The number of H-pyrrole nitrogens is 1. The van der Waals surface area contributed by atoms with E-state index in [2.05, 4.69) is 15.6 Å².